The average Bonchev–Trinajstić information content (AvgIpc) is 2.61. The Balaban J connectivity index is 1.92. The summed E-state index contributed by atoms with van der Waals surface area (Å²) < 4.78 is 5.48. The van der Waals surface area contributed by atoms with Crippen LogP contribution in [0.2, 0.25) is 0 Å². The van der Waals surface area contributed by atoms with E-state index in [-0.39, 0.29) is 11.4 Å². The molecule has 7 heteroatoms. The maximum atomic E-state index is 12.0. The standard InChI is InChI=1S/C16H30N4O3/c1-13(14(21)19-15(22)17-2)18-12-16(6-4-3-5-7-16)20-8-10-23-11-9-20/h13,18H,3-12H2,1-2H3,(H2,17,19,21,22)/t13-/m0/s1. The fraction of sp³-hybridized carbons (Fsp3) is 0.875. The minimum atomic E-state index is -0.468. The van der Waals surface area contributed by atoms with E-state index in [0.29, 0.717) is 0 Å². The zero-order valence-corrected chi connectivity index (χ0v) is 14.3. The fourth-order valence-corrected chi connectivity index (χ4v) is 3.57. The van der Waals surface area contributed by atoms with Crippen molar-refractivity contribution in [2.75, 3.05) is 39.9 Å². The molecule has 2 rings (SSSR count). The normalized spacial score (nSPS) is 23.0. The van der Waals surface area contributed by atoms with Crippen LogP contribution in [0.5, 0.6) is 0 Å². The van der Waals surface area contributed by atoms with Gasteiger partial charge in [-0.2, -0.15) is 0 Å². The first-order valence-electron chi connectivity index (χ1n) is 8.66. The third kappa shape index (κ3) is 4.89. The lowest BCUT2D eigenvalue weighted by Gasteiger charge is -2.48. The van der Waals surface area contributed by atoms with Gasteiger partial charge in [0.25, 0.3) is 0 Å². The average molecular weight is 326 g/mol. The van der Waals surface area contributed by atoms with Crippen LogP contribution in [0.25, 0.3) is 0 Å². The second-order valence-corrected chi connectivity index (χ2v) is 6.56. The Morgan fingerprint density at radius 3 is 2.43 bits per heavy atom. The molecule has 7 nitrogen and oxygen atoms in total. The number of imide groups is 1. The van der Waals surface area contributed by atoms with Crippen molar-refractivity contribution < 1.29 is 14.3 Å². The molecule has 1 saturated carbocycles. The van der Waals surface area contributed by atoms with Gasteiger partial charge in [-0.15, -0.1) is 0 Å². The van der Waals surface area contributed by atoms with Crippen molar-refractivity contribution in [3.63, 3.8) is 0 Å². The first-order valence-corrected chi connectivity index (χ1v) is 8.66. The van der Waals surface area contributed by atoms with Crippen LogP contribution in [-0.4, -0.2) is 68.3 Å². The van der Waals surface area contributed by atoms with E-state index in [9.17, 15) is 9.59 Å². The molecular weight excluding hydrogens is 296 g/mol. The Hall–Kier alpha value is -1.18. The highest BCUT2D eigenvalue weighted by atomic mass is 16.5. The Kier molecular flexibility index (Phi) is 6.80. The second kappa shape index (κ2) is 8.61. The topological polar surface area (TPSA) is 82.7 Å². The van der Waals surface area contributed by atoms with Gasteiger partial charge in [0, 0.05) is 32.2 Å². The molecule has 3 N–H and O–H groups in total. The molecule has 1 aliphatic heterocycles. The lowest BCUT2D eigenvalue weighted by molar-refractivity contribution is -0.122. The van der Waals surface area contributed by atoms with E-state index in [2.05, 4.69) is 20.9 Å². The number of ether oxygens (including phenoxy) is 1. The van der Waals surface area contributed by atoms with E-state index in [0.717, 1.165) is 45.7 Å². The number of amides is 3. The molecule has 23 heavy (non-hydrogen) atoms. The Bertz CT molecular complexity index is 404. The minimum Gasteiger partial charge on any atom is -0.379 e. The smallest absolute Gasteiger partial charge is 0.321 e. The van der Waals surface area contributed by atoms with E-state index >= 15 is 0 Å². The summed E-state index contributed by atoms with van der Waals surface area (Å²) in [5.41, 5.74) is 0.115. The van der Waals surface area contributed by atoms with Crippen LogP contribution in [0.15, 0.2) is 0 Å². The summed E-state index contributed by atoms with van der Waals surface area (Å²) in [7, 11) is 1.50. The van der Waals surface area contributed by atoms with Crippen molar-refractivity contribution in [1.82, 2.24) is 20.9 Å². The SMILES string of the molecule is CNC(=O)NC(=O)[C@H](C)NCC1(N2CCOCC2)CCCCC1. The van der Waals surface area contributed by atoms with Gasteiger partial charge in [-0.3, -0.25) is 15.0 Å². The molecule has 2 fully saturated rings. The predicted octanol–water partition coefficient (Wildman–Crippen LogP) is 0.455. The fourth-order valence-electron chi connectivity index (χ4n) is 3.57. The lowest BCUT2D eigenvalue weighted by Crippen LogP contribution is -2.61. The number of urea groups is 1. The maximum absolute atomic E-state index is 12.0. The third-order valence-corrected chi connectivity index (χ3v) is 5.06. The van der Waals surface area contributed by atoms with Crippen LogP contribution in [0, 0.1) is 0 Å². The van der Waals surface area contributed by atoms with Gasteiger partial charge in [-0.05, 0) is 19.8 Å². The van der Waals surface area contributed by atoms with E-state index < -0.39 is 12.1 Å². The largest absolute Gasteiger partial charge is 0.379 e. The third-order valence-electron chi connectivity index (χ3n) is 5.06. The number of hydrogen-bond donors (Lipinski definition) is 3. The maximum Gasteiger partial charge on any atom is 0.321 e. The van der Waals surface area contributed by atoms with Gasteiger partial charge in [0.15, 0.2) is 0 Å². The summed E-state index contributed by atoms with van der Waals surface area (Å²) in [4.78, 5) is 25.8. The quantitative estimate of drug-likeness (QED) is 0.683. The van der Waals surface area contributed by atoms with Gasteiger partial charge in [-0.25, -0.2) is 4.79 Å². The molecule has 2 aliphatic rings. The van der Waals surface area contributed by atoms with Crippen molar-refractivity contribution in [2.24, 2.45) is 0 Å². The number of nitrogens with zero attached hydrogens (tertiary/aromatic N) is 1. The summed E-state index contributed by atoms with van der Waals surface area (Å²) in [5, 5.41) is 8.06. The van der Waals surface area contributed by atoms with E-state index in [4.69, 9.17) is 4.74 Å². The molecule has 0 radical (unpaired) electrons. The first kappa shape index (κ1) is 18.2. The van der Waals surface area contributed by atoms with Gasteiger partial charge in [0.1, 0.15) is 0 Å². The summed E-state index contributed by atoms with van der Waals surface area (Å²) in [5.74, 6) is -0.294. The van der Waals surface area contributed by atoms with Crippen molar-refractivity contribution >= 4 is 11.9 Å². The van der Waals surface area contributed by atoms with Crippen LogP contribution in [0.3, 0.4) is 0 Å². The van der Waals surface area contributed by atoms with Crippen LogP contribution < -0.4 is 16.0 Å². The summed E-state index contributed by atoms with van der Waals surface area (Å²) in [6, 6.07) is -0.864. The van der Waals surface area contributed by atoms with E-state index in [1.165, 1.54) is 26.3 Å². The Labute approximate surface area is 138 Å². The summed E-state index contributed by atoms with van der Waals surface area (Å²) >= 11 is 0. The van der Waals surface area contributed by atoms with Gasteiger partial charge >= 0.3 is 6.03 Å². The number of rotatable bonds is 5. The molecule has 0 aromatic heterocycles. The zero-order chi connectivity index (χ0) is 16.7. The van der Waals surface area contributed by atoms with Gasteiger partial charge in [0.05, 0.1) is 19.3 Å². The molecule has 0 unspecified atom stereocenters. The summed E-state index contributed by atoms with van der Waals surface area (Å²) in [6.45, 7) is 6.06. The number of nitrogens with one attached hydrogen (secondary N) is 3. The molecule has 0 bridgehead atoms. The van der Waals surface area contributed by atoms with Crippen LogP contribution >= 0.6 is 0 Å². The molecular formula is C16H30N4O3. The predicted molar refractivity (Wildman–Crippen MR) is 88.3 cm³/mol. The highest BCUT2D eigenvalue weighted by Crippen LogP contribution is 2.33. The van der Waals surface area contributed by atoms with Crippen LogP contribution in [0.1, 0.15) is 39.0 Å². The number of morpholine rings is 1. The molecule has 1 heterocycles. The van der Waals surface area contributed by atoms with E-state index in [1.807, 2.05) is 0 Å². The second-order valence-electron chi connectivity index (χ2n) is 6.56. The van der Waals surface area contributed by atoms with Crippen LogP contribution in [0.4, 0.5) is 4.79 Å². The highest BCUT2D eigenvalue weighted by Gasteiger charge is 2.38. The van der Waals surface area contributed by atoms with E-state index in [1.54, 1.807) is 6.92 Å². The molecule has 132 valence electrons. The number of carbonyl (C=O) groups excluding carboxylic acids is 2. The van der Waals surface area contributed by atoms with Crippen molar-refractivity contribution in [3.8, 4) is 0 Å². The van der Waals surface area contributed by atoms with Crippen molar-refractivity contribution in [2.45, 2.75) is 50.6 Å². The molecule has 1 aliphatic carbocycles. The molecule has 0 spiro atoms. The Morgan fingerprint density at radius 1 is 1.17 bits per heavy atom. The Morgan fingerprint density at radius 2 is 1.83 bits per heavy atom. The molecule has 0 aromatic rings. The van der Waals surface area contributed by atoms with Gasteiger partial charge in [0.2, 0.25) is 5.91 Å². The highest BCUT2D eigenvalue weighted by molar-refractivity contribution is 5.96. The minimum absolute atomic E-state index is 0.115. The summed E-state index contributed by atoms with van der Waals surface area (Å²) in [6.07, 6.45) is 6.07. The number of carbonyl (C=O) groups is 2. The number of hydrogen-bond acceptors (Lipinski definition) is 5. The van der Waals surface area contributed by atoms with Gasteiger partial charge in [-0.1, -0.05) is 19.3 Å². The van der Waals surface area contributed by atoms with Crippen molar-refractivity contribution in [1.29, 1.82) is 0 Å². The monoisotopic (exact) mass is 326 g/mol. The zero-order valence-electron chi connectivity index (χ0n) is 14.3. The molecule has 0 aromatic carbocycles. The lowest BCUT2D eigenvalue weighted by atomic mass is 9.79. The molecule has 1 saturated heterocycles. The van der Waals surface area contributed by atoms with Gasteiger partial charge < -0.3 is 15.4 Å². The van der Waals surface area contributed by atoms with Crippen LogP contribution in [-0.2, 0) is 9.53 Å². The molecule has 1 atom stereocenters. The van der Waals surface area contributed by atoms with Crippen molar-refractivity contribution in [3.05, 3.63) is 0 Å². The molecule has 3 amide bonds. The first-order chi connectivity index (χ1) is 11.1.